The lowest BCUT2D eigenvalue weighted by atomic mass is 9.75. The number of nitrogens with two attached hydrogens (primary N) is 1. The molecule has 0 heterocycles. The smallest absolute Gasteiger partial charge is 0.223 e. The van der Waals surface area contributed by atoms with Crippen LogP contribution in [0.4, 0.5) is 0 Å². The number of hydrogen-bond donors (Lipinski definition) is 2. The van der Waals surface area contributed by atoms with Crippen molar-refractivity contribution in [3.63, 3.8) is 0 Å². The predicted octanol–water partition coefficient (Wildman–Crippen LogP) is 1.35. The van der Waals surface area contributed by atoms with Crippen LogP contribution in [0.1, 0.15) is 45.4 Å². The van der Waals surface area contributed by atoms with Crippen molar-refractivity contribution in [1.29, 1.82) is 0 Å². The van der Waals surface area contributed by atoms with Crippen LogP contribution in [0.25, 0.3) is 0 Å². The highest BCUT2D eigenvalue weighted by Crippen LogP contribution is 2.35. The molecule has 19 heavy (non-hydrogen) atoms. The zero-order chi connectivity index (χ0) is 14.0. The normalized spacial score (nSPS) is 33.8. The molecule has 0 aliphatic heterocycles. The summed E-state index contributed by atoms with van der Waals surface area (Å²) in [4.78, 5) is 14.6. The van der Waals surface area contributed by atoms with Crippen molar-refractivity contribution in [2.45, 2.75) is 57.0 Å². The van der Waals surface area contributed by atoms with Crippen LogP contribution in [-0.4, -0.2) is 43.0 Å². The minimum absolute atomic E-state index is 0.123. The Morgan fingerprint density at radius 2 is 2.00 bits per heavy atom. The van der Waals surface area contributed by atoms with E-state index in [1.807, 2.05) is 0 Å². The average Bonchev–Trinajstić information content (AvgIpc) is 2.25. The molecule has 0 aromatic heterocycles. The van der Waals surface area contributed by atoms with Crippen molar-refractivity contribution >= 4 is 5.91 Å². The standard InChI is InChI=1S/C15H29N3O/c1-11-7-12(9-13(16)8-11)14(19)17-10-15(18(2)3)5-4-6-15/h11-13H,4-10,16H2,1-3H3,(H,17,19). The molecule has 2 saturated carbocycles. The Hall–Kier alpha value is -0.610. The van der Waals surface area contributed by atoms with Crippen LogP contribution in [0.3, 0.4) is 0 Å². The van der Waals surface area contributed by atoms with Crippen molar-refractivity contribution in [3.8, 4) is 0 Å². The first-order valence-corrected chi connectivity index (χ1v) is 7.64. The third-order valence-electron chi connectivity index (χ3n) is 5.17. The second-order valence-electron chi connectivity index (χ2n) is 6.96. The first-order chi connectivity index (χ1) is 8.93. The predicted molar refractivity (Wildman–Crippen MR) is 77.8 cm³/mol. The molecule has 3 N–H and O–H groups in total. The number of hydrogen-bond acceptors (Lipinski definition) is 3. The zero-order valence-corrected chi connectivity index (χ0v) is 12.6. The van der Waals surface area contributed by atoms with Crippen LogP contribution >= 0.6 is 0 Å². The number of nitrogens with zero attached hydrogens (tertiary/aromatic N) is 1. The van der Waals surface area contributed by atoms with E-state index in [4.69, 9.17) is 5.73 Å². The van der Waals surface area contributed by atoms with E-state index < -0.39 is 0 Å². The maximum Gasteiger partial charge on any atom is 0.223 e. The van der Waals surface area contributed by atoms with Crippen LogP contribution in [-0.2, 0) is 4.79 Å². The lowest BCUT2D eigenvalue weighted by Crippen LogP contribution is -2.58. The molecule has 2 fully saturated rings. The van der Waals surface area contributed by atoms with Crippen LogP contribution in [0.5, 0.6) is 0 Å². The minimum atomic E-state index is 0.123. The van der Waals surface area contributed by atoms with Gasteiger partial charge < -0.3 is 16.0 Å². The molecular weight excluding hydrogens is 238 g/mol. The summed E-state index contributed by atoms with van der Waals surface area (Å²) in [6.45, 7) is 2.99. The van der Waals surface area contributed by atoms with E-state index in [0.29, 0.717) is 5.92 Å². The van der Waals surface area contributed by atoms with Crippen LogP contribution < -0.4 is 11.1 Å². The highest BCUT2D eigenvalue weighted by atomic mass is 16.1. The van der Waals surface area contributed by atoms with E-state index in [9.17, 15) is 4.79 Å². The van der Waals surface area contributed by atoms with E-state index in [1.54, 1.807) is 0 Å². The van der Waals surface area contributed by atoms with E-state index in [1.165, 1.54) is 19.3 Å². The summed E-state index contributed by atoms with van der Waals surface area (Å²) < 4.78 is 0. The molecule has 110 valence electrons. The Bertz CT molecular complexity index is 315. The number of likely N-dealkylation sites (N-methyl/N-ethyl adjacent to an activating group) is 1. The Morgan fingerprint density at radius 1 is 1.32 bits per heavy atom. The fraction of sp³-hybridized carbons (Fsp3) is 0.933. The number of carbonyl (C=O) groups excluding carboxylic acids is 1. The fourth-order valence-corrected chi connectivity index (χ4v) is 3.63. The molecule has 0 spiro atoms. The van der Waals surface area contributed by atoms with Gasteiger partial charge in [-0.25, -0.2) is 0 Å². The molecule has 0 aromatic rings. The summed E-state index contributed by atoms with van der Waals surface area (Å²) in [5.74, 6) is 0.916. The Labute approximate surface area is 117 Å². The average molecular weight is 267 g/mol. The lowest BCUT2D eigenvalue weighted by Gasteiger charge is -2.47. The number of rotatable bonds is 4. The molecule has 3 atom stereocenters. The van der Waals surface area contributed by atoms with Crippen molar-refractivity contribution < 1.29 is 4.79 Å². The molecule has 2 aliphatic carbocycles. The molecule has 0 aromatic carbocycles. The molecule has 4 nitrogen and oxygen atoms in total. The maximum atomic E-state index is 12.3. The van der Waals surface area contributed by atoms with E-state index in [2.05, 4.69) is 31.2 Å². The van der Waals surface area contributed by atoms with E-state index in [-0.39, 0.29) is 23.4 Å². The van der Waals surface area contributed by atoms with Crippen LogP contribution in [0, 0.1) is 11.8 Å². The van der Waals surface area contributed by atoms with Gasteiger partial charge in [0, 0.05) is 24.0 Å². The van der Waals surface area contributed by atoms with Gasteiger partial charge >= 0.3 is 0 Å². The first-order valence-electron chi connectivity index (χ1n) is 7.64. The van der Waals surface area contributed by atoms with E-state index >= 15 is 0 Å². The summed E-state index contributed by atoms with van der Waals surface area (Å²) in [5, 5.41) is 3.18. The monoisotopic (exact) mass is 267 g/mol. The highest BCUT2D eigenvalue weighted by Gasteiger charge is 2.40. The van der Waals surface area contributed by atoms with Crippen LogP contribution in [0.2, 0.25) is 0 Å². The Kier molecular flexibility index (Phi) is 4.51. The molecule has 4 heteroatoms. The summed E-state index contributed by atoms with van der Waals surface area (Å²) in [7, 11) is 4.23. The van der Waals surface area contributed by atoms with Crippen molar-refractivity contribution in [2.75, 3.05) is 20.6 Å². The van der Waals surface area contributed by atoms with Gasteiger partial charge in [0.05, 0.1) is 0 Å². The molecule has 0 bridgehead atoms. The molecule has 2 rings (SSSR count). The minimum Gasteiger partial charge on any atom is -0.354 e. The zero-order valence-electron chi connectivity index (χ0n) is 12.6. The van der Waals surface area contributed by atoms with Gasteiger partial charge in [-0.05, 0) is 58.5 Å². The maximum absolute atomic E-state index is 12.3. The third-order valence-corrected chi connectivity index (χ3v) is 5.17. The van der Waals surface area contributed by atoms with Gasteiger partial charge in [0.1, 0.15) is 0 Å². The first kappa shape index (κ1) is 14.8. The largest absolute Gasteiger partial charge is 0.354 e. The van der Waals surface area contributed by atoms with E-state index in [0.717, 1.165) is 25.8 Å². The van der Waals surface area contributed by atoms with Gasteiger partial charge in [0.25, 0.3) is 0 Å². The number of carbonyl (C=O) groups is 1. The van der Waals surface area contributed by atoms with Gasteiger partial charge in [-0.1, -0.05) is 6.92 Å². The molecular formula is C15H29N3O. The van der Waals surface area contributed by atoms with Gasteiger partial charge in [0.2, 0.25) is 5.91 Å². The summed E-state index contributed by atoms with van der Waals surface area (Å²) in [6, 6.07) is 0.200. The quantitative estimate of drug-likeness (QED) is 0.808. The van der Waals surface area contributed by atoms with Crippen molar-refractivity contribution in [3.05, 3.63) is 0 Å². The molecule has 1 amide bonds. The molecule has 0 radical (unpaired) electrons. The summed E-state index contributed by atoms with van der Waals surface area (Å²) >= 11 is 0. The second kappa shape index (κ2) is 5.80. The van der Waals surface area contributed by atoms with Gasteiger partial charge in [-0.2, -0.15) is 0 Å². The molecule has 2 aliphatic rings. The molecule has 3 unspecified atom stereocenters. The number of nitrogens with one attached hydrogen (secondary N) is 1. The SMILES string of the molecule is CC1CC(N)CC(C(=O)NCC2(N(C)C)CCC2)C1. The topological polar surface area (TPSA) is 58.4 Å². The third kappa shape index (κ3) is 3.29. The Morgan fingerprint density at radius 3 is 2.47 bits per heavy atom. The fourth-order valence-electron chi connectivity index (χ4n) is 3.63. The molecule has 0 saturated heterocycles. The van der Waals surface area contributed by atoms with Gasteiger partial charge in [-0.15, -0.1) is 0 Å². The second-order valence-corrected chi connectivity index (χ2v) is 6.96. The van der Waals surface area contributed by atoms with Gasteiger partial charge in [0.15, 0.2) is 0 Å². The number of amides is 1. The highest BCUT2D eigenvalue weighted by molar-refractivity contribution is 5.78. The summed E-state index contributed by atoms with van der Waals surface area (Å²) in [5.41, 5.74) is 6.24. The lowest BCUT2D eigenvalue weighted by molar-refractivity contribution is -0.127. The van der Waals surface area contributed by atoms with Crippen molar-refractivity contribution in [1.82, 2.24) is 10.2 Å². The van der Waals surface area contributed by atoms with Gasteiger partial charge in [-0.3, -0.25) is 4.79 Å². The van der Waals surface area contributed by atoms with Crippen molar-refractivity contribution in [2.24, 2.45) is 17.6 Å². The van der Waals surface area contributed by atoms with Crippen LogP contribution in [0.15, 0.2) is 0 Å². The Balaban J connectivity index is 1.84. The summed E-state index contributed by atoms with van der Waals surface area (Å²) in [6.07, 6.45) is 6.58.